The van der Waals surface area contributed by atoms with Crippen LogP contribution < -0.4 is 5.32 Å². The van der Waals surface area contributed by atoms with Crippen molar-refractivity contribution in [2.24, 2.45) is 0 Å². The van der Waals surface area contributed by atoms with E-state index in [4.69, 9.17) is 9.72 Å². The van der Waals surface area contributed by atoms with Gasteiger partial charge in [-0.25, -0.2) is 9.78 Å². The first kappa shape index (κ1) is 26.7. The van der Waals surface area contributed by atoms with Crippen LogP contribution in [-0.4, -0.2) is 51.8 Å². The smallest absolute Gasteiger partial charge is 0.410 e. The standard InChI is InChI=1S/C33H38N4O2/c1-32(2,3)39-31(38)36-22-20-30(23-36)34-21-19-29-24-37(25-35-29)33(26-13-7-4-8-14-26,27-15-9-5-10-16-27)28-17-11-6-12-18-28/h4-18,24-25,30,34H,19-23H2,1-3H3. The third-order valence-corrected chi connectivity index (χ3v) is 7.25. The molecule has 39 heavy (non-hydrogen) atoms. The molecule has 6 nitrogen and oxygen atoms in total. The number of amides is 1. The van der Waals surface area contributed by atoms with Crippen LogP contribution >= 0.6 is 0 Å². The predicted octanol–water partition coefficient (Wildman–Crippen LogP) is 5.86. The molecule has 0 spiro atoms. The fourth-order valence-corrected chi connectivity index (χ4v) is 5.48. The van der Waals surface area contributed by atoms with Crippen molar-refractivity contribution in [1.82, 2.24) is 19.8 Å². The molecule has 0 aliphatic carbocycles. The van der Waals surface area contributed by atoms with Gasteiger partial charge in [0.25, 0.3) is 0 Å². The van der Waals surface area contributed by atoms with Gasteiger partial charge in [0.05, 0.1) is 12.0 Å². The van der Waals surface area contributed by atoms with Crippen LogP contribution in [-0.2, 0) is 16.7 Å². The van der Waals surface area contributed by atoms with E-state index in [0.29, 0.717) is 6.54 Å². The lowest BCUT2D eigenvalue weighted by Crippen LogP contribution is -2.38. The van der Waals surface area contributed by atoms with Gasteiger partial charge in [-0.05, 0) is 43.9 Å². The van der Waals surface area contributed by atoms with Crippen molar-refractivity contribution in [3.8, 4) is 0 Å². The average Bonchev–Trinajstić information content (AvgIpc) is 3.61. The van der Waals surface area contributed by atoms with Crippen molar-refractivity contribution in [2.75, 3.05) is 19.6 Å². The molecule has 1 aliphatic heterocycles. The zero-order valence-electron chi connectivity index (χ0n) is 23.1. The number of hydrogen-bond acceptors (Lipinski definition) is 4. The van der Waals surface area contributed by atoms with Crippen LogP contribution in [0.15, 0.2) is 104 Å². The monoisotopic (exact) mass is 522 g/mol. The summed E-state index contributed by atoms with van der Waals surface area (Å²) in [6, 6.07) is 32.2. The first-order chi connectivity index (χ1) is 18.9. The number of hydrogen-bond donors (Lipinski definition) is 1. The Morgan fingerprint density at radius 1 is 0.897 bits per heavy atom. The molecule has 3 aromatic carbocycles. The summed E-state index contributed by atoms with van der Waals surface area (Å²) >= 11 is 0. The van der Waals surface area contributed by atoms with E-state index < -0.39 is 11.1 Å². The summed E-state index contributed by atoms with van der Waals surface area (Å²) < 4.78 is 7.79. The van der Waals surface area contributed by atoms with E-state index in [1.807, 2.05) is 27.1 Å². The number of imidazole rings is 1. The highest BCUT2D eigenvalue weighted by molar-refractivity contribution is 5.68. The number of nitrogens with one attached hydrogen (secondary N) is 1. The summed E-state index contributed by atoms with van der Waals surface area (Å²) in [4.78, 5) is 19.1. The van der Waals surface area contributed by atoms with Gasteiger partial charge in [0.1, 0.15) is 11.1 Å². The Bertz CT molecular complexity index is 1250. The van der Waals surface area contributed by atoms with Gasteiger partial charge in [-0.2, -0.15) is 0 Å². The van der Waals surface area contributed by atoms with Crippen molar-refractivity contribution < 1.29 is 9.53 Å². The summed E-state index contributed by atoms with van der Waals surface area (Å²) in [5, 5.41) is 3.62. The molecule has 5 rings (SSSR count). The SMILES string of the molecule is CC(C)(C)OC(=O)N1CCC(NCCc2cn(C(c3ccccc3)(c3ccccc3)c3ccccc3)cn2)C1. The van der Waals surface area contributed by atoms with Gasteiger partial charge in [-0.3, -0.25) is 0 Å². The number of likely N-dealkylation sites (tertiary alicyclic amines) is 1. The van der Waals surface area contributed by atoms with E-state index in [1.165, 1.54) is 16.7 Å². The normalized spacial score (nSPS) is 15.9. The number of carbonyl (C=O) groups excluding carboxylic acids is 1. The molecule has 1 aromatic heterocycles. The minimum absolute atomic E-state index is 0.232. The summed E-state index contributed by atoms with van der Waals surface area (Å²) in [5.41, 5.74) is 3.53. The molecule has 0 bridgehead atoms. The summed E-state index contributed by atoms with van der Waals surface area (Å²) in [7, 11) is 0. The Balaban J connectivity index is 1.35. The Kier molecular flexibility index (Phi) is 7.84. The molecule has 1 atom stereocenters. The number of carbonyl (C=O) groups is 1. The Hall–Kier alpha value is -3.90. The van der Waals surface area contributed by atoms with Crippen molar-refractivity contribution in [1.29, 1.82) is 0 Å². The second-order valence-electron chi connectivity index (χ2n) is 11.2. The highest BCUT2D eigenvalue weighted by atomic mass is 16.6. The summed E-state index contributed by atoms with van der Waals surface area (Å²) in [6.45, 7) is 7.88. The lowest BCUT2D eigenvalue weighted by Gasteiger charge is -2.37. The predicted molar refractivity (Wildman–Crippen MR) is 155 cm³/mol. The van der Waals surface area contributed by atoms with Crippen LogP contribution in [0.5, 0.6) is 0 Å². The lowest BCUT2D eigenvalue weighted by molar-refractivity contribution is 0.0291. The van der Waals surface area contributed by atoms with Gasteiger partial charge in [0.15, 0.2) is 0 Å². The molecule has 1 aliphatic rings. The molecular formula is C33H38N4O2. The third kappa shape index (κ3) is 5.91. The van der Waals surface area contributed by atoms with E-state index >= 15 is 0 Å². The molecule has 4 aromatic rings. The number of ether oxygens (including phenoxy) is 1. The number of aromatic nitrogens is 2. The van der Waals surface area contributed by atoms with E-state index in [2.05, 4.69) is 107 Å². The first-order valence-corrected chi connectivity index (χ1v) is 13.8. The number of benzene rings is 3. The van der Waals surface area contributed by atoms with Crippen LogP contribution in [0.2, 0.25) is 0 Å². The third-order valence-electron chi connectivity index (χ3n) is 7.25. The van der Waals surface area contributed by atoms with Gasteiger partial charge in [0, 0.05) is 38.3 Å². The van der Waals surface area contributed by atoms with Crippen LogP contribution in [0.1, 0.15) is 49.6 Å². The maximum Gasteiger partial charge on any atom is 0.410 e. The van der Waals surface area contributed by atoms with E-state index in [1.54, 1.807) is 4.90 Å². The fourth-order valence-electron chi connectivity index (χ4n) is 5.48. The Morgan fingerprint density at radius 2 is 1.44 bits per heavy atom. The van der Waals surface area contributed by atoms with E-state index in [-0.39, 0.29) is 12.1 Å². The minimum atomic E-state index is -0.554. The van der Waals surface area contributed by atoms with Crippen LogP contribution in [0.3, 0.4) is 0 Å². The topological polar surface area (TPSA) is 59.4 Å². The molecule has 0 radical (unpaired) electrons. The van der Waals surface area contributed by atoms with E-state index in [9.17, 15) is 4.79 Å². The van der Waals surface area contributed by atoms with Crippen molar-refractivity contribution in [3.05, 3.63) is 126 Å². The second-order valence-corrected chi connectivity index (χ2v) is 11.2. The highest BCUT2D eigenvalue weighted by Gasteiger charge is 2.38. The lowest BCUT2D eigenvalue weighted by atomic mass is 9.77. The molecule has 1 saturated heterocycles. The minimum Gasteiger partial charge on any atom is -0.444 e. The molecule has 0 saturated carbocycles. The van der Waals surface area contributed by atoms with Crippen LogP contribution in [0.4, 0.5) is 4.79 Å². The maximum atomic E-state index is 12.4. The van der Waals surface area contributed by atoms with Crippen molar-refractivity contribution in [2.45, 2.75) is 50.8 Å². The van der Waals surface area contributed by atoms with Gasteiger partial charge in [-0.15, -0.1) is 0 Å². The molecule has 6 heteroatoms. The van der Waals surface area contributed by atoms with Crippen molar-refractivity contribution in [3.63, 3.8) is 0 Å². The summed E-state index contributed by atoms with van der Waals surface area (Å²) in [6.07, 6.45) is 5.62. The zero-order valence-corrected chi connectivity index (χ0v) is 23.1. The molecule has 1 fully saturated rings. The first-order valence-electron chi connectivity index (χ1n) is 13.8. The van der Waals surface area contributed by atoms with Crippen LogP contribution in [0.25, 0.3) is 0 Å². The number of nitrogens with zero attached hydrogens (tertiary/aromatic N) is 3. The van der Waals surface area contributed by atoms with Crippen molar-refractivity contribution >= 4 is 6.09 Å². The quantitative estimate of drug-likeness (QED) is 0.294. The molecule has 2 heterocycles. The van der Waals surface area contributed by atoms with Gasteiger partial charge >= 0.3 is 6.09 Å². The number of rotatable bonds is 8. The second kappa shape index (κ2) is 11.5. The van der Waals surface area contributed by atoms with Gasteiger partial charge < -0.3 is 19.5 Å². The highest BCUT2D eigenvalue weighted by Crippen LogP contribution is 2.40. The molecule has 1 unspecified atom stereocenters. The summed E-state index contributed by atoms with van der Waals surface area (Å²) in [5.74, 6) is 0. The molecule has 1 N–H and O–H groups in total. The van der Waals surface area contributed by atoms with E-state index in [0.717, 1.165) is 31.6 Å². The van der Waals surface area contributed by atoms with Crippen LogP contribution in [0, 0.1) is 0 Å². The zero-order chi connectivity index (χ0) is 27.3. The largest absolute Gasteiger partial charge is 0.444 e. The fraction of sp³-hybridized carbons (Fsp3) is 0.333. The molecular weight excluding hydrogens is 484 g/mol. The maximum absolute atomic E-state index is 12.4. The van der Waals surface area contributed by atoms with Gasteiger partial charge in [-0.1, -0.05) is 91.0 Å². The molecule has 1 amide bonds. The Morgan fingerprint density at radius 3 is 1.95 bits per heavy atom. The Labute approximate surface area is 231 Å². The van der Waals surface area contributed by atoms with Gasteiger partial charge in [0.2, 0.25) is 0 Å². The molecule has 202 valence electrons. The average molecular weight is 523 g/mol.